The molecule has 3 aromatic rings. The van der Waals surface area contributed by atoms with E-state index >= 15 is 0 Å². The number of hydrogen-bond acceptors (Lipinski definition) is 3. The molecule has 0 amide bonds. The lowest BCUT2D eigenvalue weighted by Crippen LogP contribution is -2.25. The fourth-order valence-corrected chi connectivity index (χ4v) is 4.07. The SMILES string of the molecule is O=c1n(CCCCl)nc2n1-c1ccc3ccccc3c1SC2. The van der Waals surface area contributed by atoms with E-state index in [0.29, 0.717) is 18.2 Å². The maximum Gasteiger partial charge on any atom is 0.350 e. The second-order valence-electron chi connectivity index (χ2n) is 5.22. The fourth-order valence-electron chi connectivity index (χ4n) is 2.84. The van der Waals surface area contributed by atoms with E-state index in [1.807, 2.05) is 18.2 Å². The molecule has 1 aliphatic heterocycles. The molecule has 0 unspecified atom stereocenters. The summed E-state index contributed by atoms with van der Waals surface area (Å²) in [5.41, 5.74) is 0.865. The number of hydrogen-bond donors (Lipinski definition) is 0. The predicted molar refractivity (Wildman–Crippen MR) is 90.2 cm³/mol. The Morgan fingerprint density at radius 3 is 2.95 bits per heavy atom. The molecule has 0 aliphatic carbocycles. The summed E-state index contributed by atoms with van der Waals surface area (Å²) in [6, 6.07) is 12.3. The average Bonchev–Trinajstić information content (AvgIpc) is 2.89. The number of fused-ring (bicyclic) bond motifs is 5. The van der Waals surface area contributed by atoms with Crippen molar-refractivity contribution in [1.29, 1.82) is 0 Å². The number of alkyl halides is 1. The second-order valence-corrected chi connectivity index (χ2v) is 6.59. The van der Waals surface area contributed by atoms with E-state index in [2.05, 4.69) is 23.3 Å². The van der Waals surface area contributed by atoms with Gasteiger partial charge in [0.15, 0.2) is 0 Å². The van der Waals surface area contributed by atoms with Gasteiger partial charge in [-0.05, 0) is 23.3 Å². The molecule has 4 nitrogen and oxygen atoms in total. The van der Waals surface area contributed by atoms with E-state index < -0.39 is 0 Å². The molecular formula is C16H14ClN3OS. The molecular weight excluding hydrogens is 318 g/mol. The standard InChI is InChI=1S/C16H14ClN3OS/c17-8-3-9-19-16(21)20-13-7-6-11-4-1-2-5-12(11)15(13)22-10-14(20)18-19/h1-2,4-7H,3,8-10H2. The van der Waals surface area contributed by atoms with Crippen LogP contribution in [-0.2, 0) is 12.3 Å². The quantitative estimate of drug-likeness (QED) is 0.690. The Hall–Kier alpha value is -1.72. The minimum Gasteiger partial charge on any atom is -0.246 e. The van der Waals surface area contributed by atoms with Gasteiger partial charge in [0.2, 0.25) is 0 Å². The van der Waals surface area contributed by atoms with Crippen LogP contribution in [-0.4, -0.2) is 20.2 Å². The molecule has 2 aromatic carbocycles. The van der Waals surface area contributed by atoms with E-state index in [1.165, 1.54) is 15.5 Å². The van der Waals surface area contributed by atoms with Gasteiger partial charge < -0.3 is 0 Å². The number of nitrogens with zero attached hydrogens (tertiary/aromatic N) is 3. The summed E-state index contributed by atoms with van der Waals surface area (Å²) >= 11 is 7.47. The smallest absolute Gasteiger partial charge is 0.246 e. The van der Waals surface area contributed by atoms with Crippen molar-refractivity contribution < 1.29 is 0 Å². The van der Waals surface area contributed by atoms with Crippen LogP contribution in [0.1, 0.15) is 12.2 Å². The van der Waals surface area contributed by atoms with E-state index in [9.17, 15) is 4.79 Å². The van der Waals surface area contributed by atoms with Crippen LogP contribution < -0.4 is 5.69 Å². The largest absolute Gasteiger partial charge is 0.350 e. The highest BCUT2D eigenvalue weighted by Crippen LogP contribution is 2.38. The van der Waals surface area contributed by atoms with E-state index in [1.54, 1.807) is 16.3 Å². The van der Waals surface area contributed by atoms with Gasteiger partial charge in [0.05, 0.1) is 11.4 Å². The summed E-state index contributed by atoms with van der Waals surface area (Å²) < 4.78 is 3.27. The van der Waals surface area contributed by atoms with Crippen LogP contribution in [0.2, 0.25) is 0 Å². The maximum atomic E-state index is 12.6. The molecule has 112 valence electrons. The van der Waals surface area contributed by atoms with E-state index in [0.717, 1.165) is 22.8 Å². The predicted octanol–water partition coefficient (Wildman–Crippen LogP) is 3.42. The Balaban J connectivity index is 1.92. The molecule has 22 heavy (non-hydrogen) atoms. The molecule has 4 rings (SSSR count). The molecule has 0 fully saturated rings. The van der Waals surface area contributed by atoms with Crippen molar-refractivity contribution >= 4 is 34.1 Å². The van der Waals surface area contributed by atoms with E-state index in [-0.39, 0.29) is 5.69 Å². The number of aryl methyl sites for hydroxylation is 1. The normalized spacial score (nSPS) is 13.1. The molecule has 0 bridgehead atoms. The molecule has 0 N–H and O–H groups in total. The Kier molecular flexibility index (Phi) is 3.47. The van der Waals surface area contributed by atoms with Gasteiger partial charge in [0, 0.05) is 17.3 Å². The summed E-state index contributed by atoms with van der Waals surface area (Å²) in [7, 11) is 0. The number of halogens is 1. The number of aromatic nitrogens is 3. The molecule has 0 atom stereocenters. The third kappa shape index (κ3) is 2.08. The first-order valence-electron chi connectivity index (χ1n) is 7.19. The minimum absolute atomic E-state index is 0.0723. The van der Waals surface area contributed by atoms with Crippen molar-refractivity contribution in [2.24, 2.45) is 0 Å². The maximum absolute atomic E-state index is 12.6. The molecule has 0 saturated carbocycles. The highest BCUT2D eigenvalue weighted by Gasteiger charge is 2.23. The molecule has 2 heterocycles. The second kappa shape index (κ2) is 5.48. The lowest BCUT2D eigenvalue weighted by molar-refractivity contribution is 0.578. The zero-order valence-corrected chi connectivity index (χ0v) is 13.4. The molecule has 1 aromatic heterocycles. The minimum atomic E-state index is -0.0723. The summed E-state index contributed by atoms with van der Waals surface area (Å²) in [4.78, 5) is 13.8. The van der Waals surface area contributed by atoms with Crippen molar-refractivity contribution in [2.75, 3.05) is 5.88 Å². The number of thioether (sulfide) groups is 1. The molecule has 6 heteroatoms. The first-order chi connectivity index (χ1) is 10.8. The van der Waals surface area contributed by atoms with Crippen LogP contribution in [0.15, 0.2) is 46.1 Å². The topological polar surface area (TPSA) is 39.8 Å². The van der Waals surface area contributed by atoms with E-state index in [4.69, 9.17) is 11.6 Å². The summed E-state index contributed by atoms with van der Waals surface area (Å²) in [6.07, 6.45) is 0.746. The van der Waals surface area contributed by atoms with Gasteiger partial charge in [-0.2, -0.15) is 5.10 Å². The zero-order chi connectivity index (χ0) is 15.1. The average molecular weight is 332 g/mol. The third-order valence-corrected chi connectivity index (χ3v) is 5.24. The van der Waals surface area contributed by atoms with Crippen LogP contribution in [0.25, 0.3) is 16.5 Å². The zero-order valence-electron chi connectivity index (χ0n) is 11.8. The van der Waals surface area contributed by atoms with Crippen LogP contribution in [0.5, 0.6) is 0 Å². The van der Waals surface area contributed by atoms with Gasteiger partial charge in [-0.25, -0.2) is 14.0 Å². The Bertz CT molecular complexity index is 915. The highest BCUT2D eigenvalue weighted by molar-refractivity contribution is 7.99. The molecule has 0 saturated heterocycles. The Morgan fingerprint density at radius 2 is 2.09 bits per heavy atom. The molecule has 0 spiro atoms. The summed E-state index contributed by atoms with van der Waals surface area (Å²) in [5.74, 6) is 2.06. The van der Waals surface area contributed by atoms with Crippen LogP contribution in [0, 0.1) is 0 Å². The summed E-state index contributed by atoms with van der Waals surface area (Å²) in [5, 5.41) is 6.84. The van der Waals surface area contributed by atoms with Crippen LogP contribution in [0.3, 0.4) is 0 Å². The van der Waals surface area contributed by atoms with Crippen molar-refractivity contribution in [1.82, 2.24) is 14.3 Å². The van der Waals surface area contributed by atoms with Gasteiger partial charge in [0.25, 0.3) is 0 Å². The Morgan fingerprint density at radius 1 is 1.23 bits per heavy atom. The Labute approximate surface area is 136 Å². The lowest BCUT2D eigenvalue weighted by atomic mass is 10.1. The van der Waals surface area contributed by atoms with Gasteiger partial charge in [-0.15, -0.1) is 23.4 Å². The van der Waals surface area contributed by atoms with Gasteiger partial charge in [-0.3, -0.25) is 0 Å². The van der Waals surface area contributed by atoms with Crippen molar-refractivity contribution in [3.05, 3.63) is 52.7 Å². The fraction of sp³-hybridized carbons (Fsp3) is 0.250. The molecule has 0 radical (unpaired) electrons. The van der Waals surface area contributed by atoms with Gasteiger partial charge >= 0.3 is 5.69 Å². The number of benzene rings is 2. The third-order valence-electron chi connectivity index (χ3n) is 3.86. The lowest BCUT2D eigenvalue weighted by Gasteiger charge is -2.18. The monoisotopic (exact) mass is 331 g/mol. The van der Waals surface area contributed by atoms with Crippen molar-refractivity contribution in [2.45, 2.75) is 23.6 Å². The molecule has 1 aliphatic rings. The van der Waals surface area contributed by atoms with Crippen LogP contribution in [0.4, 0.5) is 0 Å². The van der Waals surface area contributed by atoms with Gasteiger partial charge in [0.1, 0.15) is 5.82 Å². The van der Waals surface area contributed by atoms with Crippen molar-refractivity contribution in [3.8, 4) is 5.69 Å². The highest BCUT2D eigenvalue weighted by atomic mass is 35.5. The van der Waals surface area contributed by atoms with Gasteiger partial charge in [-0.1, -0.05) is 30.3 Å². The van der Waals surface area contributed by atoms with Crippen LogP contribution >= 0.6 is 23.4 Å². The first-order valence-corrected chi connectivity index (χ1v) is 8.71. The first kappa shape index (κ1) is 13.9. The number of rotatable bonds is 3. The summed E-state index contributed by atoms with van der Waals surface area (Å²) in [6.45, 7) is 0.565. The van der Waals surface area contributed by atoms with Crippen molar-refractivity contribution in [3.63, 3.8) is 0 Å².